The number of rotatable bonds is 5. The summed E-state index contributed by atoms with van der Waals surface area (Å²) in [7, 11) is 0. The first kappa shape index (κ1) is 11.0. The molecule has 1 rings (SSSR count). The Morgan fingerprint density at radius 1 is 1.50 bits per heavy atom. The van der Waals surface area contributed by atoms with Crippen LogP contribution in [0.5, 0.6) is 0 Å². The molecule has 0 amide bonds. The Balaban J connectivity index is 2.40. The van der Waals surface area contributed by atoms with Gasteiger partial charge in [-0.3, -0.25) is 4.98 Å². The second-order valence-electron chi connectivity index (χ2n) is 3.81. The quantitative estimate of drug-likeness (QED) is 0.750. The molecule has 0 saturated carbocycles. The summed E-state index contributed by atoms with van der Waals surface area (Å²) < 4.78 is 0. The van der Waals surface area contributed by atoms with Crippen LogP contribution in [-0.4, -0.2) is 23.2 Å². The molecule has 0 aromatic carbocycles. The van der Waals surface area contributed by atoms with Crippen LogP contribution in [0.25, 0.3) is 0 Å². The van der Waals surface area contributed by atoms with E-state index in [1.54, 1.807) is 12.4 Å². The van der Waals surface area contributed by atoms with Crippen molar-refractivity contribution < 1.29 is 5.11 Å². The number of aromatic nitrogens is 1. The van der Waals surface area contributed by atoms with Crippen molar-refractivity contribution in [1.29, 1.82) is 0 Å². The molecule has 0 saturated heterocycles. The minimum absolute atomic E-state index is 0.227. The molecule has 0 radical (unpaired) electrons. The molecule has 3 heteroatoms. The molecule has 1 unspecified atom stereocenters. The van der Waals surface area contributed by atoms with Crippen LogP contribution in [0.1, 0.15) is 13.8 Å². The van der Waals surface area contributed by atoms with E-state index in [-0.39, 0.29) is 6.61 Å². The Morgan fingerprint density at radius 2 is 2.29 bits per heavy atom. The molecule has 1 aromatic heterocycles. The zero-order valence-corrected chi connectivity index (χ0v) is 8.77. The van der Waals surface area contributed by atoms with Gasteiger partial charge in [-0.2, -0.15) is 0 Å². The highest BCUT2D eigenvalue weighted by atomic mass is 16.3. The molecule has 0 fully saturated rings. The van der Waals surface area contributed by atoms with Crippen LogP contribution >= 0.6 is 0 Å². The Morgan fingerprint density at radius 3 is 2.79 bits per heavy atom. The average Bonchev–Trinajstić information content (AvgIpc) is 2.20. The third-order valence-electron chi connectivity index (χ3n) is 2.41. The Labute approximate surface area is 85.2 Å². The second kappa shape index (κ2) is 5.60. The van der Waals surface area contributed by atoms with E-state index in [1.807, 2.05) is 12.1 Å². The van der Waals surface area contributed by atoms with Crippen molar-refractivity contribution in [3.8, 4) is 0 Å². The maximum atomic E-state index is 9.12. The molecule has 0 aliphatic rings. The lowest BCUT2D eigenvalue weighted by molar-refractivity contribution is 0.198. The minimum Gasteiger partial charge on any atom is -0.396 e. The smallest absolute Gasteiger partial charge is 0.0526 e. The van der Waals surface area contributed by atoms with Gasteiger partial charge in [-0.15, -0.1) is 0 Å². The molecule has 78 valence electrons. The summed E-state index contributed by atoms with van der Waals surface area (Å²) in [5.41, 5.74) is 1.01. The van der Waals surface area contributed by atoms with E-state index in [0.717, 1.165) is 12.2 Å². The Bertz CT molecular complexity index is 249. The molecule has 0 spiro atoms. The maximum Gasteiger partial charge on any atom is 0.0526 e. The first-order chi connectivity index (χ1) is 6.74. The van der Waals surface area contributed by atoms with E-state index in [1.165, 1.54) is 0 Å². The highest BCUT2D eigenvalue weighted by Gasteiger charge is 2.11. The molecule has 1 atom stereocenters. The van der Waals surface area contributed by atoms with Gasteiger partial charge in [0.05, 0.1) is 5.69 Å². The zero-order valence-electron chi connectivity index (χ0n) is 8.77. The lowest BCUT2D eigenvalue weighted by Crippen LogP contribution is -2.22. The third kappa shape index (κ3) is 3.34. The van der Waals surface area contributed by atoms with Crippen LogP contribution in [0.4, 0.5) is 5.69 Å². The van der Waals surface area contributed by atoms with E-state index in [9.17, 15) is 0 Å². The van der Waals surface area contributed by atoms with Gasteiger partial charge in [0.1, 0.15) is 0 Å². The van der Waals surface area contributed by atoms with Crippen LogP contribution in [0.15, 0.2) is 24.5 Å². The maximum absolute atomic E-state index is 9.12. The molecular weight excluding hydrogens is 176 g/mol. The standard InChI is InChI=1S/C11H18N2O/c1-9(2)10(8-14)6-13-11-4-3-5-12-7-11/h3-5,7,9-10,13-14H,6,8H2,1-2H3. The van der Waals surface area contributed by atoms with Crippen molar-refractivity contribution in [2.45, 2.75) is 13.8 Å². The van der Waals surface area contributed by atoms with Gasteiger partial charge in [0.2, 0.25) is 0 Å². The molecular formula is C11H18N2O. The van der Waals surface area contributed by atoms with Crippen LogP contribution < -0.4 is 5.32 Å². The number of hydrogen-bond donors (Lipinski definition) is 2. The van der Waals surface area contributed by atoms with Crippen LogP contribution in [0, 0.1) is 11.8 Å². The molecule has 3 nitrogen and oxygen atoms in total. The van der Waals surface area contributed by atoms with E-state index in [4.69, 9.17) is 5.11 Å². The van der Waals surface area contributed by atoms with Crippen molar-refractivity contribution in [2.24, 2.45) is 11.8 Å². The van der Waals surface area contributed by atoms with Gasteiger partial charge in [-0.25, -0.2) is 0 Å². The SMILES string of the molecule is CC(C)C(CO)CNc1cccnc1. The van der Waals surface area contributed by atoms with Gasteiger partial charge in [0.25, 0.3) is 0 Å². The van der Waals surface area contributed by atoms with Crippen LogP contribution in [0.2, 0.25) is 0 Å². The van der Waals surface area contributed by atoms with Crippen molar-refractivity contribution in [2.75, 3.05) is 18.5 Å². The van der Waals surface area contributed by atoms with Gasteiger partial charge < -0.3 is 10.4 Å². The number of pyridine rings is 1. The monoisotopic (exact) mass is 194 g/mol. The largest absolute Gasteiger partial charge is 0.396 e. The number of aliphatic hydroxyl groups excluding tert-OH is 1. The summed E-state index contributed by atoms with van der Waals surface area (Å²) in [5, 5.41) is 12.4. The zero-order chi connectivity index (χ0) is 10.4. The molecule has 0 aliphatic heterocycles. The predicted octanol–water partition coefficient (Wildman–Crippen LogP) is 1.76. The summed E-state index contributed by atoms with van der Waals surface area (Å²) in [6.07, 6.45) is 3.53. The fraction of sp³-hybridized carbons (Fsp3) is 0.545. The average molecular weight is 194 g/mol. The van der Waals surface area contributed by atoms with Crippen LogP contribution in [-0.2, 0) is 0 Å². The summed E-state index contributed by atoms with van der Waals surface area (Å²) in [6, 6.07) is 3.87. The number of hydrogen-bond acceptors (Lipinski definition) is 3. The number of nitrogens with zero attached hydrogens (tertiary/aromatic N) is 1. The minimum atomic E-state index is 0.227. The predicted molar refractivity (Wildman–Crippen MR) is 58.1 cm³/mol. The molecule has 1 heterocycles. The number of nitrogens with one attached hydrogen (secondary N) is 1. The normalized spacial score (nSPS) is 12.9. The molecule has 14 heavy (non-hydrogen) atoms. The highest BCUT2D eigenvalue weighted by Crippen LogP contribution is 2.11. The van der Waals surface area contributed by atoms with Crippen molar-refractivity contribution in [3.05, 3.63) is 24.5 Å². The third-order valence-corrected chi connectivity index (χ3v) is 2.41. The van der Waals surface area contributed by atoms with E-state index in [0.29, 0.717) is 11.8 Å². The van der Waals surface area contributed by atoms with Crippen molar-refractivity contribution >= 4 is 5.69 Å². The van der Waals surface area contributed by atoms with Gasteiger partial charge >= 0.3 is 0 Å². The molecule has 1 aromatic rings. The van der Waals surface area contributed by atoms with Crippen LogP contribution in [0.3, 0.4) is 0 Å². The van der Waals surface area contributed by atoms with Crippen molar-refractivity contribution in [1.82, 2.24) is 4.98 Å². The van der Waals surface area contributed by atoms with Gasteiger partial charge in [-0.05, 0) is 18.1 Å². The molecule has 0 aliphatic carbocycles. The summed E-state index contributed by atoms with van der Waals surface area (Å²) >= 11 is 0. The summed E-state index contributed by atoms with van der Waals surface area (Å²) in [5.74, 6) is 0.791. The highest BCUT2D eigenvalue weighted by molar-refractivity contribution is 5.39. The summed E-state index contributed by atoms with van der Waals surface area (Å²) in [6.45, 7) is 5.25. The first-order valence-electron chi connectivity index (χ1n) is 4.98. The summed E-state index contributed by atoms with van der Waals surface area (Å²) in [4.78, 5) is 4.01. The topological polar surface area (TPSA) is 45.1 Å². The Kier molecular flexibility index (Phi) is 4.40. The fourth-order valence-corrected chi connectivity index (χ4v) is 1.23. The molecule has 2 N–H and O–H groups in total. The second-order valence-corrected chi connectivity index (χ2v) is 3.81. The van der Waals surface area contributed by atoms with E-state index < -0.39 is 0 Å². The van der Waals surface area contributed by atoms with E-state index >= 15 is 0 Å². The number of anilines is 1. The van der Waals surface area contributed by atoms with Gasteiger partial charge in [-0.1, -0.05) is 13.8 Å². The molecule has 0 bridgehead atoms. The van der Waals surface area contributed by atoms with Crippen molar-refractivity contribution in [3.63, 3.8) is 0 Å². The lowest BCUT2D eigenvalue weighted by Gasteiger charge is -2.19. The Hall–Kier alpha value is -1.09. The van der Waals surface area contributed by atoms with Gasteiger partial charge in [0, 0.05) is 31.5 Å². The number of aliphatic hydroxyl groups is 1. The fourth-order valence-electron chi connectivity index (χ4n) is 1.23. The van der Waals surface area contributed by atoms with E-state index in [2.05, 4.69) is 24.1 Å². The first-order valence-corrected chi connectivity index (χ1v) is 4.98. The lowest BCUT2D eigenvalue weighted by atomic mass is 9.97. The van der Waals surface area contributed by atoms with Gasteiger partial charge in [0.15, 0.2) is 0 Å².